The number of piperidine rings is 1. The van der Waals surface area contributed by atoms with E-state index in [1.165, 1.54) is 11.0 Å². The van der Waals surface area contributed by atoms with Crippen LogP contribution in [0, 0.1) is 5.92 Å². The Kier molecular flexibility index (Phi) is 5.90. The molecule has 0 bridgehead atoms. The molecule has 6 nitrogen and oxygen atoms in total. The van der Waals surface area contributed by atoms with Crippen LogP contribution in [0.3, 0.4) is 0 Å². The fourth-order valence-corrected chi connectivity index (χ4v) is 3.58. The normalized spacial score (nSPS) is 21.3. The molecule has 28 heavy (non-hydrogen) atoms. The number of nitrogens with zero attached hydrogens (tertiary/aromatic N) is 2. The van der Waals surface area contributed by atoms with E-state index in [4.69, 9.17) is 0 Å². The third-order valence-corrected chi connectivity index (χ3v) is 5.10. The number of carbonyl (C=O) groups is 3. The third kappa shape index (κ3) is 4.82. The predicted octanol–water partition coefficient (Wildman–Crippen LogP) is 1.79. The summed E-state index contributed by atoms with van der Waals surface area (Å²) in [5, 5.41) is 2.71. The molecule has 0 aliphatic carbocycles. The fraction of sp³-hybridized carbons (Fsp3) is 0.526. The molecule has 0 aromatic heterocycles. The van der Waals surface area contributed by atoms with Gasteiger partial charge in [0.05, 0.1) is 11.5 Å². The van der Waals surface area contributed by atoms with E-state index in [1.807, 2.05) is 0 Å². The molecule has 1 atom stereocenters. The van der Waals surface area contributed by atoms with Gasteiger partial charge in [0, 0.05) is 45.6 Å². The molecule has 2 saturated heterocycles. The van der Waals surface area contributed by atoms with Gasteiger partial charge in [-0.05, 0) is 24.1 Å². The van der Waals surface area contributed by atoms with Crippen molar-refractivity contribution < 1.29 is 27.6 Å². The maximum atomic E-state index is 12.9. The summed E-state index contributed by atoms with van der Waals surface area (Å²) >= 11 is 0. The highest BCUT2D eigenvalue weighted by molar-refractivity contribution is 5.85. The molecule has 3 amide bonds. The van der Waals surface area contributed by atoms with Crippen molar-refractivity contribution in [1.82, 2.24) is 15.1 Å². The molecular formula is C19H22F3N3O3. The van der Waals surface area contributed by atoms with Gasteiger partial charge in [0.1, 0.15) is 0 Å². The Labute approximate surface area is 160 Å². The molecule has 1 N–H and O–H groups in total. The van der Waals surface area contributed by atoms with E-state index in [2.05, 4.69) is 5.32 Å². The van der Waals surface area contributed by atoms with Crippen LogP contribution in [0.25, 0.3) is 0 Å². The van der Waals surface area contributed by atoms with E-state index in [9.17, 15) is 27.6 Å². The van der Waals surface area contributed by atoms with Gasteiger partial charge >= 0.3 is 6.18 Å². The van der Waals surface area contributed by atoms with Crippen LogP contribution in [0.4, 0.5) is 13.2 Å². The highest BCUT2D eigenvalue weighted by Crippen LogP contribution is 2.30. The van der Waals surface area contributed by atoms with Gasteiger partial charge in [-0.2, -0.15) is 13.2 Å². The van der Waals surface area contributed by atoms with Crippen molar-refractivity contribution in [2.75, 3.05) is 26.2 Å². The highest BCUT2D eigenvalue weighted by atomic mass is 19.4. The molecule has 1 aromatic carbocycles. The van der Waals surface area contributed by atoms with Crippen LogP contribution in [0.2, 0.25) is 0 Å². The van der Waals surface area contributed by atoms with Crippen molar-refractivity contribution in [2.24, 2.45) is 5.92 Å². The van der Waals surface area contributed by atoms with E-state index in [1.54, 1.807) is 11.0 Å². The van der Waals surface area contributed by atoms with Gasteiger partial charge in [0.15, 0.2) is 0 Å². The van der Waals surface area contributed by atoms with E-state index in [-0.39, 0.29) is 43.7 Å². The number of hydrogen-bond donors (Lipinski definition) is 1. The Morgan fingerprint density at radius 2 is 1.96 bits per heavy atom. The first-order valence-electron chi connectivity index (χ1n) is 9.23. The van der Waals surface area contributed by atoms with Crippen molar-refractivity contribution in [3.63, 3.8) is 0 Å². The van der Waals surface area contributed by atoms with Crippen molar-refractivity contribution in [2.45, 2.75) is 32.0 Å². The molecule has 2 aliphatic heterocycles. The van der Waals surface area contributed by atoms with Crippen LogP contribution in [-0.4, -0.2) is 53.7 Å². The standard InChI is InChI=1S/C19H22F3N3O3/c20-19(21,22)15-3-1-2-13(10-15)11-25-12-14(4-5-17(25)27)18(28)24-8-6-16(26)23-7-9-24/h1-3,10,14H,4-9,11-12H2,(H,23,26). The average Bonchev–Trinajstić information content (AvgIpc) is 2.87. The molecule has 1 aromatic rings. The average molecular weight is 397 g/mol. The number of alkyl halides is 3. The number of hydrogen-bond acceptors (Lipinski definition) is 3. The lowest BCUT2D eigenvalue weighted by Crippen LogP contribution is -2.47. The van der Waals surface area contributed by atoms with Crippen LogP contribution >= 0.6 is 0 Å². The summed E-state index contributed by atoms with van der Waals surface area (Å²) in [6.07, 6.45) is -3.61. The van der Waals surface area contributed by atoms with E-state index in [0.29, 0.717) is 31.6 Å². The number of amides is 3. The lowest BCUT2D eigenvalue weighted by Gasteiger charge is -2.34. The van der Waals surface area contributed by atoms with Crippen LogP contribution in [0.1, 0.15) is 30.4 Å². The Morgan fingerprint density at radius 3 is 2.71 bits per heavy atom. The summed E-state index contributed by atoms with van der Waals surface area (Å²) in [5.74, 6) is -0.788. The predicted molar refractivity (Wildman–Crippen MR) is 93.8 cm³/mol. The molecule has 2 fully saturated rings. The molecule has 2 heterocycles. The van der Waals surface area contributed by atoms with Crippen LogP contribution in [0.5, 0.6) is 0 Å². The highest BCUT2D eigenvalue weighted by Gasteiger charge is 2.34. The molecule has 9 heteroatoms. The van der Waals surface area contributed by atoms with Crippen LogP contribution < -0.4 is 5.32 Å². The third-order valence-electron chi connectivity index (χ3n) is 5.10. The second kappa shape index (κ2) is 8.20. The molecule has 3 rings (SSSR count). The molecule has 2 aliphatic rings. The van der Waals surface area contributed by atoms with Crippen molar-refractivity contribution in [3.8, 4) is 0 Å². The monoisotopic (exact) mass is 397 g/mol. The van der Waals surface area contributed by atoms with Gasteiger partial charge in [-0.1, -0.05) is 12.1 Å². The number of likely N-dealkylation sites (tertiary alicyclic amines) is 1. The molecule has 0 radical (unpaired) electrons. The second-order valence-electron chi connectivity index (χ2n) is 7.13. The first-order chi connectivity index (χ1) is 13.2. The van der Waals surface area contributed by atoms with E-state index >= 15 is 0 Å². The topological polar surface area (TPSA) is 69.7 Å². The smallest absolute Gasteiger partial charge is 0.354 e. The Balaban J connectivity index is 1.67. The minimum Gasteiger partial charge on any atom is -0.354 e. The van der Waals surface area contributed by atoms with E-state index < -0.39 is 17.7 Å². The maximum Gasteiger partial charge on any atom is 0.416 e. The zero-order valence-electron chi connectivity index (χ0n) is 15.3. The molecular weight excluding hydrogens is 375 g/mol. The minimum absolute atomic E-state index is 0.0343. The maximum absolute atomic E-state index is 12.9. The van der Waals surface area contributed by atoms with Gasteiger partial charge in [-0.15, -0.1) is 0 Å². The van der Waals surface area contributed by atoms with Crippen molar-refractivity contribution in [1.29, 1.82) is 0 Å². The molecule has 1 unspecified atom stereocenters. The number of carbonyl (C=O) groups excluding carboxylic acids is 3. The van der Waals surface area contributed by atoms with Crippen molar-refractivity contribution in [3.05, 3.63) is 35.4 Å². The number of halogens is 3. The first kappa shape index (κ1) is 20.2. The quantitative estimate of drug-likeness (QED) is 0.846. The fourth-order valence-electron chi connectivity index (χ4n) is 3.58. The van der Waals surface area contributed by atoms with Gasteiger partial charge in [-0.25, -0.2) is 0 Å². The summed E-state index contributed by atoms with van der Waals surface area (Å²) < 4.78 is 38.7. The van der Waals surface area contributed by atoms with Gasteiger partial charge in [-0.3, -0.25) is 14.4 Å². The number of benzene rings is 1. The summed E-state index contributed by atoms with van der Waals surface area (Å²) in [5.41, 5.74) is -0.385. The van der Waals surface area contributed by atoms with Gasteiger partial charge < -0.3 is 15.1 Å². The van der Waals surface area contributed by atoms with Crippen LogP contribution in [-0.2, 0) is 27.1 Å². The number of nitrogens with one attached hydrogen (secondary N) is 1. The van der Waals surface area contributed by atoms with Crippen molar-refractivity contribution >= 4 is 17.7 Å². The number of rotatable bonds is 3. The van der Waals surface area contributed by atoms with Gasteiger partial charge in [0.2, 0.25) is 17.7 Å². The summed E-state index contributed by atoms with van der Waals surface area (Å²) in [4.78, 5) is 39.6. The largest absolute Gasteiger partial charge is 0.416 e. The Bertz CT molecular complexity index is 766. The molecule has 152 valence electrons. The van der Waals surface area contributed by atoms with Gasteiger partial charge in [0.25, 0.3) is 0 Å². The van der Waals surface area contributed by atoms with E-state index in [0.717, 1.165) is 12.1 Å². The summed E-state index contributed by atoms with van der Waals surface area (Å²) in [7, 11) is 0. The second-order valence-corrected chi connectivity index (χ2v) is 7.13. The molecule has 0 saturated carbocycles. The minimum atomic E-state index is -4.45. The summed E-state index contributed by atoms with van der Waals surface area (Å²) in [6, 6.07) is 4.88. The Hall–Kier alpha value is -2.58. The Morgan fingerprint density at radius 1 is 1.18 bits per heavy atom. The SMILES string of the molecule is O=C1CCN(C(=O)C2CCC(=O)N(Cc3cccc(C(F)(F)F)c3)C2)CCN1. The summed E-state index contributed by atoms with van der Waals surface area (Å²) in [6.45, 7) is 1.36. The van der Waals surface area contributed by atoms with Crippen LogP contribution in [0.15, 0.2) is 24.3 Å². The first-order valence-corrected chi connectivity index (χ1v) is 9.23. The lowest BCUT2D eigenvalue weighted by molar-refractivity contribution is -0.143. The molecule has 0 spiro atoms. The zero-order chi connectivity index (χ0) is 20.3. The lowest BCUT2D eigenvalue weighted by atomic mass is 9.95. The zero-order valence-corrected chi connectivity index (χ0v) is 15.3.